The summed E-state index contributed by atoms with van der Waals surface area (Å²) in [6, 6.07) is 24.0. The molecule has 1 aromatic heterocycles. The normalized spacial score (nSPS) is 12.1. The van der Waals surface area contributed by atoms with E-state index in [1.807, 2.05) is 66.7 Å². The maximum atomic E-state index is 11.8. The van der Waals surface area contributed by atoms with E-state index in [1.54, 1.807) is 24.3 Å². The van der Waals surface area contributed by atoms with Gasteiger partial charge >= 0.3 is 11.9 Å². The van der Waals surface area contributed by atoms with E-state index < -0.39 is 18.0 Å². The summed E-state index contributed by atoms with van der Waals surface area (Å²) < 4.78 is 5.58. The van der Waals surface area contributed by atoms with Crippen molar-refractivity contribution in [2.75, 3.05) is 5.75 Å². The molecule has 4 rings (SSSR count). The monoisotopic (exact) mass is 503 g/mol. The first-order valence-corrected chi connectivity index (χ1v) is 12.2. The zero-order chi connectivity index (χ0) is 24.8. The molecular formula is C28H22ClNO4S. The third kappa shape index (κ3) is 6.50. The fourth-order valence-corrected chi connectivity index (χ4v) is 4.82. The molecule has 0 spiro atoms. The number of carboxylic acid groups (broad SMARTS) is 1. The SMILES string of the molecule is CC(=O)OC(CSc1ccccc1C(=O)O)c1cccc(C=Cc2ccc3ccc(Cl)cc3n2)c1. The Balaban J connectivity index is 1.54. The molecule has 0 radical (unpaired) electrons. The Kier molecular flexibility index (Phi) is 7.85. The molecule has 1 heterocycles. The number of aromatic nitrogens is 1. The number of aromatic carboxylic acids is 1. The molecule has 1 N–H and O–H groups in total. The highest BCUT2D eigenvalue weighted by Crippen LogP contribution is 2.30. The Bertz CT molecular complexity index is 1420. The lowest BCUT2D eigenvalue weighted by atomic mass is 10.1. The van der Waals surface area contributed by atoms with Crippen LogP contribution in [0, 0.1) is 0 Å². The molecule has 0 aliphatic carbocycles. The van der Waals surface area contributed by atoms with Gasteiger partial charge in [0.05, 0.1) is 16.8 Å². The van der Waals surface area contributed by atoms with Gasteiger partial charge < -0.3 is 9.84 Å². The minimum absolute atomic E-state index is 0.222. The predicted octanol–water partition coefficient (Wildman–Crippen LogP) is 7.15. The fourth-order valence-electron chi connectivity index (χ4n) is 3.58. The van der Waals surface area contributed by atoms with Crippen LogP contribution in [0.1, 0.15) is 40.2 Å². The molecule has 0 saturated carbocycles. The standard InChI is InChI=1S/C28H22ClNO4S/c1-18(31)34-26(17-35-27-8-3-2-7-24(27)28(32)33)21-6-4-5-19(15-21)9-13-23-14-11-20-10-12-22(29)16-25(20)30-23/h2-16,26H,17H2,1H3,(H,32,33). The molecule has 3 aromatic carbocycles. The van der Waals surface area contributed by atoms with E-state index in [2.05, 4.69) is 4.98 Å². The first-order valence-electron chi connectivity index (χ1n) is 10.9. The van der Waals surface area contributed by atoms with Crippen LogP contribution in [0.15, 0.2) is 83.8 Å². The number of nitrogens with zero attached hydrogens (tertiary/aromatic N) is 1. The zero-order valence-electron chi connectivity index (χ0n) is 18.9. The zero-order valence-corrected chi connectivity index (χ0v) is 20.4. The second kappa shape index (κ2) is 11.2. The molecule has 176 valence electrons. The topological polar surface area (TPSA) is 76.5 Å². The van der Waals surface area contributed by atoms with Crippen molar-refractivity contribution in [2.45, 2.75) is 17.9 Å². The summed E-state index contributed by atoms with van der Waals surface area (Å²) >= 11 is 7.43. The molecule has 0 saturated heterocycles. The number of ether oxygens (including phenoxy) is 1. The van der Waals surface area contributed by atoms with Crippen molar-refractivity contribution in [1.29, 1.82) is 0 Å². The Morgan fingerprint density at radius 1 is 1.03 bits per heavy atom. The Labute approximate surface area is 212 Å². The third-order valence-corrected chi connectivity index (χ3v) is 6.59. The molecule has 0 bridgehead atoms. The number of rotatable bonds is 8. The van der Waals surface area contributed by atoms with Crippen LogP contribution >= 0.6 is 23.4 Å². The lowest BCUT2D eigenvalue weighted by Gasteiger charge is -2.18. The van der Waals surface area contributed by atoms with E-state index in [1.165, 1.54) is 18.7 Å². The minimum atomic E-state index is -0.992. The average Bonchev–Trinajstić information content (AvgIpc) is 2.85. The van der Waals surface area contributed by atoms with Gasteiger partial charge in [-0.15, -0.1) is 11.8 Å². The molecule has 5 nitrogen and oxygen atoms in total. The quantitative estimate of drug-likeness (QED) is 0.203. The molecule has 0 aliphatic rings. The number of carbonyl (C=O) groups is 2. The Hall–Kier alpha value is -3.61. The summed E-state index contributed by atoms with van der Waals surface area (Å²) in [6.45, 7) is 1.37. The smallest absolute Gasteiger partial charge is 0.336 e. The van der Waals surface area contributed by atoms with Crippen molar-refractivity contribution >= 4 is 58.4 Å². The van der Waals surface area contributed by atoms with Crippen molar-refractivity contribution in [2.24, 2.45) is 0 Å². The molecule has 0 fully saturated rings. The lowest BCUT2D eigenvalue weighted by molar-refractivity contribution is -0.145. The van der Waals surface area contributed by atoms with Crippen molar-refractivity contribution in [1.82, 2.24) is 4.98 Å². The summed E-state index contributed by atoms with van der Waals surface area (Å²) in [5.41, 5.74) is 3.58. The van der Waals surface area contributed by atoms with Crippen molar-refractivity contribution in [3.8, 4) is 0 Å². The van der Waals surface area contributed by atoms with Crippen LogP contribution < -0.4 is 0 Å². The highest BCUT2D eigenvalue weighted by Gasteiger charge is 2.18. The van der Waals surface area contributed by atoms with Gasteiger partial charge in [-0.3, -0.25) is 4.79 Å². The van der Waals surface area contributed by atoms with E-state index >= 15 is 0 Å². The average molecular weight is 504 g/mol. The maximum absolute atomic E-state index is 11.8. The highest BCUT2D eigenvalue weighted by molar-refractivity contribution is 7.99. The van der Waals surface area contributed by atoms with Crippen LogP contribution in [0.3, 0.4) is 0 Å². The first-order chi connectivity index (χ1) is 16.9. The number of thioether (sulfide) groups is 1. The van der Waals surface area contributed by atoms with Gasteiger partial charge in [0.1, 0.15) is 6.10 Å². The van der Waals surface area contributed by atoms with Gasteiger partial charge in [-0.1, -0.05) is 60.1 Å². The number of hydrogen-bond acceptors (Lipinski definition) is 5. The number of esters is 1. The van der Waals surface area contributed by atoms with Crippen LogP contribution in [0.25, 0.3) is 23.1 Å². The summed E-state index contributed by atoms with van der Waals surface area (Å²) in [5.74, 6) is -1.01. The van der Waals surface area contributed by atoms with Crippen molar-refractivity contribution in [3.05, 3.63) is 106 Å². The largest absolute Gasteiger partial charge is 0.478 e. The molecule has 4 aromatic rings. The number of hydrogen-bond donors (Lipinski definition) is 1. The van der Waals surface area contributed by atoms with E-state index in [0.717, 1.165) is 27.7 Å². The van der Waals surface area contributed by atoms with Gasteiger partial charge in [0.15, 0.2) is 0 Å². The summed E-state index contributed by atoms with van der Waals surface area (Å²) in [4.78, 5) is 28.6. The van der Waals surface area contributed by atoms with Gasteiger partial charge in [0.2, 0.25) is 0 Å². The van der Waals surface area contributed by atoms with Crippen LogP contribution in [0.5, 0.6) is 0 Å². The van der Waals surface area contributed by atoms with Gasteiger partial charge in [-0.05, 0) is 53.6 Å². The molecular weight excluding hydrogens is 482 g/mol. The summed E-state index contributed by atoms with van der Waals surface area (Å²) in [7, 11) is 0. The summed E-state index contributed by atoms with van der Waals surface area (Å²) in [5, 5.41) is 11.1. The van der Waals surface area contributed by atoms with Crippen LogP contribution in [0.4, 0.5) is 0 Å². The molecule has 1 atom stereocenters. The second-order valence-electron chi connectivity index (χ2n) is 7.79. The second-order valence-corrected chi connectivity index (χ2v) is 9.29. The number of carbonyl (C=O) groups excluding carboxylic acids is 1. The number of fused-ring (bicyclic) bond motifs is 1. The van der Waals surface area contributed by atoms with Gasteiger partial charge in [0, 0.05) is 28.0 Å². The molecule has 0 amide bonds. The van der Waals surface area contributed by atoms with Gasteiger partial charge in [-0.25, -0.2) is 9.78 Å². The molecule has 35 heavy (non-hydrogen) atoms. The van der Waals surface area contributed by atoms with Gasteiger partial charge in [-0.2, -0.15) is 0 Å². The van der Waals surface area contributed by atoms with Crippen LogP contribution in [-0.2, 0) is 9.53 Å². The molecule has 0 aliphatic heterocycles. The van der Waals surface area contributed by atoms with Crippen LogP contribution in [0.2, 0.25) is 5.02 Å². The van der Waals surface area contributed by atoms with E-state index in [4.69, 9.17) is 16.3 Å². The number of carboxylic acids is 1. The molecule has 7 heteroatoms. The third-order valence-electron chi connectivity index (χ3n) is 5.22. The highest BCUT2D eigenvalue weighted by atomic mass is 35.5. The predicted molar refractivity (Wildman–Crippen MR) is 141 cm³/mol. The first kappa shape index (κ1) is 24.5. The lowest BCUT2D eigenvalue weighted by Crippen LogP contribution is -2.11. The fraction of sp³-hybridized carbons (Fsp3) is 0.107. The van der Waals surface area contributed by atoms with E-state index in [0.29, 0.717) is 15.7 Å². The minimum Gasteiger partial charge on any atom is -0.478 e. The number of halogens is 1. The number of benzene rings is 3. The van der Waals surface area contributed by atoms with Gasteiger partial charge in [0.25, 0.3) is 0 Å². The Morgan fingerprint density at radius 3 is 2.63 bits per heavy atom. The molecule has 1 unspecified atom stereocenters. The van der Waals surface area contributed by atoms with E-state index in [9.17, 15) is 14.7 Å². The number of pyridine rings is 1. The van der Waals surface area contributed by atoms with Crippen molar-refractivity contribution < 1.29 is 19.4 Å². The Morgan fingerprint density at radius 2 is 1.83 bits per heavy atom. The van der Waals surface area contributed by atoms with Crippen molar-refractivity contribution in [3.63, 3.8) is 0 Å². The summed E-state index contributed by atoms with van der Waals surface area (Å²) in [6.07, 6.45) is 3.33. The van der Waals surface area contributed by atoms with E-state index in [-0.39, 0.29) is 5.56 Å². The maximum Gasteiger partial charge on any atom is 0.336 e. The van der Waals surface area contributed by atoms with Crippen LogP contribution in [-0.4, -0.2) is 27.8 Å².